The number of halogens is 1. The quantitative estimate of drug-likeness (QED) is 0.659. The normalized spacial score (nSPS) is 20.5. The molecule has 0 aromatic heterocycles. The van der Waals surface area contributed by atoms with Crippen LogP contribution in [0.15, 0.2) is 0 Å². The lowest BCUT2D eigenvalue weighted by molar-refractivity contribution is 0.187. The molecule has 0 radical (unpaired) electrons. The van der Waals surface area contributed by atoms with Crippen LogP contribution in [0.2, 0.25) is 0 Å². The maximum Gasteiger partial charge on any atom is 0.0512 e. The molecule has 0 N–H and O–H groups in total. The molecule has 74 valence electrons. The fraction of sp³-hybridized carbons (Fsp3) is 1.00. The second-order valence-electron chi connectivity index (χ2n) is 3.95. The van der Waals surface area contributed by atoms with Crippen molar-refractivity contribution in [3.63, 3.8) is 0 Å². The zero-order chi connectivity index (χ0) is 8.43. The molecule has 0 aromatic carbocycles. The third-order valence-electron chi connectivity index (χ3n) is 2.50. The minimum Gasteiger partial charge on any atom is -0.287 e. The van der Waals surface area contributed by atoms with Gasteiger partial charge in [-0.15, -0.1) is 12.4 Å². The van der Waals surface area contributed by atoms with Gasteiger partial charge in [-0.1, -0.05) is 0 Å². The Labute approximate surface area is 82.3 Å². The van der Waals surface area contributed by atoms with Gasteiger partial charge in [-0.2, -0.15) is 0 Å². The summed E-state index contributed by atoms with van der Waals surface area (Å²) in [5.41, 5.74) is 0. The SMILES string of the molecule is CC(C)N1CCN(C(C)C)C1.Cl. The summed E-state index contributed by atoms with van der Waals surface area (Å²) in [6, 6.07) is 1.41. The van der Waals surface area contributed by atoms with Gasteiger partial charge in [0.1, 0.15) is 0 Å². The number of hydrogen-bond donors (Lipinski definition) is 0. The van der Waals surface area contributed by atoms with E-state index < -0.39 is 0 Å². The van der Waals surface area contributed by atoms with Crippen LogP contribution in [0.1, 0.15) is 27.7 Å². The highest BCUT2D eigenvalue weighted by Gasteiger charge is 2.22. The van der Waals surface area contributed by atoms with E-state index in [2.05, 4.69) is 37.5 Å². The molecule has 1 saturated heterocycles. The molecule has 12 heavy (non-hydrogen) atoms. The molecule has 0 saturated carbocycles. The van der Waals surface area contributed by atoms with Gasteiger partial charge in [0, 0.05) is 25.2 Å². The standard InChI is InChI=1S/C9H20N2.ClH/c1-8(2)10-5-6-11(7-10)9(3)4;/h8-9H,5-7H2,1-4H3;1H. The molecule has 0 unspecified atom stereocenters. The van der Waals surface area contributed by atoms with Crippen molar-refractivity contribution in [2.75, 3.05) is 19.8 Å². The first kappa shape index (κ1) is 12.2. The Morgan fingerprint density at radius 3 is 1.33 bits per heavy atom. The van der Waals surface area contributed by atoms with Crippen molar-refractivity contribution in [1.82, 2.24) is 9.80 Å². The fourth-order valence-electron chi connectivity index (χ4n) is 1.47. The topological polar surface area (TPSA) is 6.48 Å². The van der Waals surface area contributed by atoms with Crippen molar-refractivity contribution in [2.24, 2.45) is 0 Å². The summed E-state index contributed by atoms with van der Waals surface area (Å²) in [6.07, 6.45) is 0. The Morgan fingerprint density at radius 2 is 1.17 bits per heavy atom. The van der Waals surface area contributed by atoms with Crippen LogP contribution in [0.4, 0.5) is 0 Å². The second-order valence-corrected chi connectivity index (χ2v) is 3.95. The molecule has 0 atom stereocenters. The van der Waals surface area contributed by atoms with E-state index in [4.69, 9.17) is 0 Å². The van der Waals surface area contributed by atoms with E-state index in [0.717, 1.165) is 6.67 Å². The third-order valence-corrected chi connectivity index (χ3v) is 2.50. The molecule has 0 bridgehead atoms. The minimum absolute atomic E-state index is 0. The highest BCUT2D eigenvalue weighted by atomic mass is 35.5. The second kappa shape index (κ2) is 5.05. The lowest BCUT2D eigenvalue weighted by Crippen LogP contribution is -2.33. The average Bonchev–Trinajstić information content (AvgIpc) is 2.33. The molecule has 0 spiro atoms. The van der Waals surface area contributed by atoms with Gasteiger partial charge in [0.15, 0.2) is 0 Å². The largest absolute Gasteiger partial charge is 0.287 e. The van der Waals surface area contributed by atoms with E-state index in [9.17, 15) is 0 Å². The van der Waals surface area contributed by atoms with Crippen molar-refractivity contribution in [2.45, 2.75) is 39.8 Å². The molecule has 0 aliphatic carbocycles. The maximum absolute atomic E-state index is 2.51. The van der Waals surface area contributed by atoms with Gasteiger partial charge in [-0.25, -0.2) is 0 Å². The summed E-state index contributed by atoms with van der Waals surface area (Å²) >= 11 is 0. The monoisotopic (exact) mass is 192 g/mol. The van der Waals surface area contributed by atoms with Gasteiger partial charge >= 0.3 is 0 Å². The van der Waals surface area contributed by atoms with Gasteiger partial charge in [-0.05, 0) is 27.7 Å². The van der Waals surface area contributed by atoms with Crippen molar-refractivity contribution in [3.05, 3.63) is 0 Å². The van der Waals surface area contributed by atoms with E-state index in [1.165, 1.54) is 13.1 Å². The first-order valence-electron chi connectivity index (χ1n) is 4.59. The molecule has 0 aromatic rings. The van der Waals surface area contributed by atoms with Crippen LogP contribution in [-0.4, -0.2) is 41.6 Å². The van der Waals surface area contributed by atoms with E-state index in [-0.39, 0.29) is 12.4 Å². The van der Waals surface area contributed by atoms with E-state index in [0.29, 0.717) is 12.1 Å². The Kier molecular flexibility index (Phi) is 5.14. The Hall–Kier alpha value is 0.210. The molecule has 1 aliphatic rings. The average molecular weight is 193 g/mol. The van der Waals surface area contributed by atoms with Crippen LogP contribution in [0.5, 0.6) is 0 Å². The van der Waals surface area contributed by atoms with Crippen LogP contribution < -0.4 is 0 Å². The van der Waals surface area contributed by atoms with Crippen molar-refractivity contribution >= 4 is 12.4 Å². The molecule has 2 nitrogen and oxygen atoms in total. The first-order chi connectivity index (χ1) is 5.11. The Bertz CT molecular complexity index is 112. The van der Waals surface area contributed by atoms with Gasteiger partial charge in [0.05, 0.1) is 6.67 Å². The number of rotatable bonds is 2. The summed E-state index contributed by atoms with van der Waals surface area (Å²) in [7, 11) is 0. The van der Waals surface area contributed by atoms with Gasteiger partial charge in [0.25, 0.3) is 0 Å². The summed E-state index contributed by atoms with van der Waals surface area (Å²) in [5, 5.41) is 0. The van der Waals surface area contributed by atoms with Gasteiger partial charge in [0.2, 0.25) is 0 Å². The first-order valence-corrected chi connectivity index (χ1v) is 4.59. The zero-order valence-electron chi connectivity index (χ0n) is 8.58. The van der Waals surface area contributed by atoms with Crippen LogP contribution in [0.25, 0.3) is 0 Å². The van der Waals surface area contributed by atoms with E-state index in [1.807, 2.05) is 0 Å². The Morgan fingerprint density at radius 1 is 0.833 bits per heavy atom. The lowest BCUT2D eigenvalue weighted by atomic mass is 10.3. The van der Waals surface area contributed by atoms with E-state index in [1.54, 1.807) is 0 Å². The van der Waals surface area contributed by atoms with Crippen LogP contribution in [0.3, 0.4) is 0 Å². The minimum atomic E-state index is 0. The Balaban J connectivity index is 0.00000121. The summed E-state index contributed by atoms with van der Waals surface area (Å²) in [5.74, 6) is 0. The van der Waals surface area contributed by atoms with Crippen LogP contribution >= 0.6 is 12.4 Å². The van der Waals surface area contributed by atoms with Crippen molar-refractivity contribution in [3.8, 4) is 0 Å². The lowest BCUT2D eigenvalue weighted by Gasteiger charge is -2.23. The van der Waals surface area contributed by atoms with Crippen LogP contribution in [0, 0.1) is 0 Å². The highest BCUT2D eigenvalue weighted by molar-refractivity contribution is 5.85. The smallest absolute Gasteiger partial charge is 0.0512 e. The molecule has 1 fully saturated rings. The fourth-order valence-corrected chi connectivity index (χ4v) is 1.47. The number of nitrogens with zero attached hydrogens (tertiary/aromatic N) is 2. The predicted octanol–water partition coefficient (Wildman–Crippen LogP) is 1.80. The molecule has 1 aliphatic heterocycles. The predicted molar refractivity (Wildman–Crippen MR) is 55.8 cm³/mol. The van der Waals surface area contributed by atoms with Crippen molar-refractivity contribution < 1.29 is 0 Å². The van der Waals surface area contributed by atoms with Gasteiger partial charge < -0.3 is 0 Å². The van der Waals surface area contributed by atoms with E-state index >= 15 is 0 Å². The summed E-state index contributed by atoms with van der Waals surface area (Å²) in [6.45, 7) is 12.7. The van der Waals surface area contributed by atoms with Gasteiger partial charge in [-0.3, -0.25) is 9.80 Å². The molecular formula is C9H21ClN2. The zero-order valence-corrected chi connectivity index (χ0v) is 9.40. The highest BCUT2D eigenvalue weighted by Crippen LogP contribution is 2.11. The number of hydrogen-bond acceptors (Lipinski definition) is 2. The molecule has 1 heterocycles. The summed E-state index contributed by atoms with van der Waals surface area (Å²) in [4.78, 5) is 5.03. The maximum atomic E-state index is 2.51. The molecular weight excluding hydrogens is 172 g/mol. The van der Waals surface area contributed by atoms with Crippen molar-refractivity contribution in [1.29, 1.82) is 0 Å². The molecule has 0 amide bonds. The van der Waals surface area contributed by atoms with Crippen LogP contribution in [-0.2, 0) is 0 Å². The molecule has 1 rings (SSSR count). The molecule has 3 heteroatoms. The third kappa shape index (κ3) is 2.92. The summed E-state index contributed by atoms with van der Waals surface area (Å²) < 4.78 is 0.